The molecule has 2 heterocycles. The van der Waals surface area contributed by atoms with Crippen LogP contribution < -0.4 is 11.5 Å². The Bertz CT molecular complexity index is 647. The van der Waals surface area contributed by atoms with Gasteiger partial charge in [-0.2, -0.15) is 0 Å². The molecular weight excluding hydrogens is 322 g/mol. The first-order valence-electron chi connectivity index (χ1n) is 6.65. The van der Waals surface area contributed by atoms with Crippen molar-refractivity contribution in [3.8, 4) is 0 Å². The Labute approximate surface area is 137 Å². The molecule has 116 valence electrons. The molecule has 0 bridgehead atoms. The number of ether oxygens (including phenoxy) is 1. The van der Waals surface area contributed by atoms with Gasteiger partial charge >= 0.3 is 5.97 Å². The molecule has 2 aliphatic heterocycles. The average molecular weight is 337 g/mol. The van der Waals surface area contributed by atoms with Crippen molar-refractivity contribution in [3.05, 3.63) is 34.7 Å². The lowest BCUT2D eigenvalue weighted by Crippen LogP contribution is -2.47. The van der Waals surface area contributed by atoms with Crippen molar-refractivity contribution in [1.82, 2.24) is 4.90 Å². The molecule has 1 aromatic rings. The summed E-state index contributed by atoms with van der Waals surface area (Å²) in [7, 11) is 0. The van der Waals surface area contributed by atoms with Crippen LogP contribution >= 0.6 is 24.0 Å². The second-order valence-corrected chi connectivity index (χ2v) is 6.83. The van der Waals surface area contributed by atoms with E-state index in [2.05, 4.69) is 0 Å². The third kappa shape index (κ3) is 3.09. The predicted molar refractivity (Wildman–Crippen MR) is 90.0 cm³/mol. The first-order chi connectivity index (χ1) is 10.5. The SMILES string of the molecule is Nc1ccc(/C=C2\SC(=S)N(CC(N)C(=O)O)C3OC23)cc1. The van der Waals surface area contributed by atoms with Crippen LogP contribution in [-0.4, -0.2) is 45.2 Å². The lowest BCUT2D eigenvalue weighted by Gasteiger charge is -2.28. The van der Waals surface area contributed by atoms with Gasteiger partial charge in [0, 0.05) is 17.1 Å². The Kier molecular flexibility index (Phi) is 4.09. The molecular formula is C14H15N3O3S2. The van der Waals surface area contributed by atoms with E-state index in [4.69, 9.17) is 33.5 Å². The van der Waals surface area contributed by atoms with E-state index < -0.39 is 12.0 Å². The summed E-state index contributed by atoms with van der Waals surface area (Å²) in [5.41, 5.74) is 13.0. The molecule has 3 unspecified atom stereocenters. The monoisotopic (exact) mass is 337 g/mol. The number of hydrogen-bond donors (Lipinski definition) is 3. The van der Waals surface area contributed by atoms with E-state index in [0.717, 1.165) is 10.5 Å². The normalized spacial score (nSPS) is 26.7. The number of fused-ring (bicyclic) bond motifs is 1. The Morgan fingerprint density at radius 3 is 2.82 bits per heavy atom. The molecule has 3 atom stereocenters. The minimum atomic E-state index is -1.05. The maximum absolute atomic E-state index is 10.9. The highest BCUT2D eigenvalue weighted by Crippen LogP contribution is 2.45. The summed E-state index contributed by atoms with van der Waals surface area (Å²) in [6, 6.07) is 6.54. The summed E-state index contributed by atoms with van der Waals surface area (Å²) in [6.07, 6.45) is 1.73. The Morgan fingerprint density at radius 2 is 2.18 bits per heavy atom. The largest absolute Gasteiger partial charge is 0.480 e. The number of aliphatic carboxylic acids is 1. The summed E-state index contributed by atoms with van der Waals surface area (Å²) >= 11 is 6.76. The van der Waals surface area contributed by atoms with Gasteiger partial charge in [0.2, 0.25) is 0 Å². The fraction of sp³-hybridized carbons (Fsp3) is 0.286. The maximum atomic E-state index is 10.9. The summed E-state index contributed by atoms with van der Waals surface area (Å²) < 4.78 is 6.21. The number of nitrogen functional groups attached to an aromatic ring is 1. The topological polar surface area (TPSA) is 105 Å². The number of nitrogens with two attached hydrogens (primary N) is 2. The van der Waals surface area contributed by atoms with Crippen LogP contribution in [0.2, 0.25) is 0 Å². The van der Waals surface area contributed by atoms with Crippen molar-refractivity contribution in [2.45, 2.75) is 18.4 Å². The number of rotatable bonds is 4. The van der Waals surface area contributed by atoms with Crippen LogP contribution in [0.4, 0.5) is 5.69 Å². The zero-order chi connectivity index (χ0) is 15.9. The van der Waals surface area contributed by atoms with Crippen molar-refractivity contribution in [3.63, 3.8) is 0 Å². The summed E-state index contributed by atoms with van der Waals surface area (Å²) in [5, 5.41) is 8.90. The van der Waals surface area contributed by atoms with Gasteiger partial charge in [0.05, 0.1) is 0 Å². The van der Waals surface area contributed by atoms with Crippen molar-refractivity contribution >= 4 is 46.0 Å². The lowest BCUT2D eigenvalue weighted by molar-refractivity contribution is -0.138. The number of hydrogen-bond acceptors (Lipinski definition) is 6. The number of carboxylic acid groups (broad SMARTS) is 1. The van der Waals surface area contributed by atoms with Crippen LogP contribution in [0, 0.1) is 0 Å². The number of nitrogens with zero attached hydrogens (tertiary/aromatic N) is 1. The summed E-state index contributed by atoms with van der Waals surface area (Å²) in [5.74, 6) is -1.05. The molecule has 0 amide bonds. The van der Waals surface area contributed by atoms with Gasteiger partial charge in [0.1, 0.15) is 16.5 Å². The highest BCUT2D eigenvalue weighted by molar-refractivity contribution is 8.25. The molecule has 5 N–H and O–H groups in total. The van der Waals surface area contributed by atoms with Gasteiger partial charge in [-0.05, 0) is 23.8 Å². The van der Waals surface area contributed by atoms with Crippen molar-refractivity contribution in [1.29, 1.82) is 0 Å². The van der Waals surface area contributed by atoms with Gasteiger partial charge in [0.15, 0.2) is 6.23 Å². The first-order valence-corrected chi connectivity index (χ1v) is 7.87. The molecule has 1 aromatic carbocycles. The van der Waals surface area contributed by atoms with E-state index in [1.54, 1.807) is 4.90 Å². The molecule has 6 nitrogen and oxygen atoms in total. The van der Waals surface area contributed by atoms with Gasteiger partial charge in [-0.3, -0.25) is 4.79 Å². The van der Waals surface area contributed by atoms with E-state index in [-0.39, 0.29) is 18.9 Å². The fourth-order valence-corrected chi connectivity index (χ4v) is 3.65. The Balaban J connectivity index is 1.72. The molecule has 2 aliphatic rings. The number of thioether (sulfide) groups is 1. The van der Waals surface area contributed by atoms with Gasteiger partial charge < -0.3 is 26.2 Å². The Hall–Kier alpha value is -1.61. The van der Waals surface area contributed by atoms with Gasteiger partial charge in [-0.25, -0.2) is 0 Å². The third-order valence-corrected chi connectivity index (χ3v) is 4.93. The number of carboxylic acids is 1. The molecule has 22 heavy (non-hydrogen) atoms. The molecule has 2 fully saturated rings. The van der Waals surface area contributed by atoms with Crippen LogP contribution in [0.5, 0.6) is 0 Å². The lowest BCUT2D eigenvalue weighted by atomic mass is 10.2. The second-order valence-electron chi connectivity index (χ2n) is 5.13. The number of epoxide rings is 1. The molecule has 3 rings (SSSR count). The molecule has 0 aromatic heterocycles. The molecule has 0 radical (unpaired) electrons. The van der Waals surface area contributed by atoms with Crippen molar-refractivity contribution in [2.24, 2.45) is 5.73 Å². The first kappa shape index (κ1) is 15.3. The van der Waals surface area contributed by atoms with Crippen molar-refractivity contribution < 1.29 is 14.6 Å². The molecule has 8 heteroatoms. The highest BCUT2D eigenvalue weighted by Gasteiger charge is 2.52. The summed E-state index contributed by atoms with van der Waals surface area (Å²) in [4.78, 5) is 13.6. The third-order valence-electron chi connectivity index (χ3n) is 3.45. The molecule has 0 saturated carbocycles. The minimum Gasteiger partial charge on any atom is -0.480 e. The number of benzene rings is 1. The van der Waals surface area contributed by atoms with Crippen LogP contribution in [-0.2, 0) is 9.53 Å². The highest BCUT2D eigenvalue weighted by atomic mass is 32.2. The van der Waals surface area contributed by atoms with Crippen molar-refractivity contribution in [2.75, 3.05) is 12.3 Å². The maximum Gasteiger partial charge on any atom is 0.322 e. The van der Waals surface area contributed by atoms with Crippen LogP contribution in [0.15, 0.2) is 29.2 Å². The second kappa shape index (κ2) is 5.88. The zero-order valence-electron chi connectivity index (χ0n) is 11.5. The summed E-state index contributed by atoms with van der Waals surface area (Å²) in [6.45, 7) is 0.150. The van der Waals surface area contributed by atoms with E-state index in [1.807, 2.05) is 30.3 Å². The van der Waals surface area contributed by atoms with E-state index >= 15 is 0 Å². The van der Waals surface area contributed by atoms with Crippen LogP contribution in [0.1, 0.15) is 5.56 Å². The van der Waals surface area contributed by atoms with Gasteiger partial charge in [0.25, 0.3) is 0 Å². The Morgan fingerprint density at radius 1 is 1.50 bits per heavy atom. The molecule has 2 saturated heterocycles. The predicted octanol–water partition coefficient (Wildman–Crippen LogP) is 1.08. The number of thiocarbonyl (C=S) groups is 1. The van der Waals surface area contributed by atoms with Crippen LogP contribution in [0.3, 0.4) is 0 Å². The fourth-order valence-electron chi connectivity index (χ4n) is 2.21. The number of carbonyl (C=O) groups is 1. The molecule has 0 spiro atoms. The quantitative estimate of drug-likeness (QED) is 0.426. The minimum absolute atomic E-state index is 0.0738. The van der Waals surface area contributed by atoms with E-state index in [0.29, 0.717) is 10.0 Å². The van der Waals surface area contributed by atoms with Crippen LogP contribution in [0.25, 0.3) is 6.08 Å². The average Bonchev–Trinajstić information content (AvgIpc) is 3.25. The van der Waals surface area contributed by atoms with Gasteiger partial charge in [-0.1, -0.05) is 36.1 Å². The molecule has 0 aliphatic carbocycles. The van der Waals surface area contributed by atoms with E-state index in [1.165, 1.54) is 11.8 Å². The van der Waals surface area contributed by atoms with Gasteiger partial charge in [-0.15, -0.1) is 0 Å². The smallest absolute Gasteiger partial charge is 0.322 e. The van der Waals surface area contributed by atoms with E-state index in [9.17, 15) is 4.79 Å². The number of anilines is 1. The standard InChI is InChI=1S/C14H15N3O3S2/c15-8-3-1-7(2-4-8)5-10-11-12(20-11)17(14(21)22-10)6-9(16)13(18)19/h1-5,9,11-12H,6,15-16H2,(H,18,19)/b10-5-. The zero-order valence-corrected chi connectivity index (χ0v) is 13.1.